The van der Waals surface area contributed by atoms with E-state index in [1.807, 2.05) is 17.9 Å². The van der Waals surface area contributed by atoms with E-state index in [1.54, 1.807) is 0 Å². The van der Waals surface area contributed by atoms with Crippen LogP contribution in [0.2, 0.25) is 0 Å². The highest BCUT2D eigenvalue weighted by atomic mass is 16.7. The van der Waals surface area contributed by atoms with Gasteiger partial charge >= 0.3 is 5.97 Å². The molecule has 0 spiro atoms. The SMILES string of the molecule is CCCC(=O)ONNC=O. The van der Waals surface area contributed by atoms with E-state index in [9.17, 15) is 9.59 Å². The monoisotopic (exact) mass is 146 g/mol. The Morgan fingerprint density at radius 2 is 2.40 bits per heavy atom. The van der Waals surface area contributed by atoms with Crippen molar-refractivity contribution in [3.05, 3.63) is 0 Å². The Morgan fingerprint density at radius 1 is 1.70 bits per heavy atom. The molecule has 1 amide bonds. The standard InChI is InChI=1S/C5H10N2O3/c1-2-3-5(9)10-7-6-4-8/h4,7H,2-3H2,1H3,(H,6,8). The van der Waals surface area contributed by atoms with E-state index in [1.165, 1.54) is 0 Å². The molecule has 0 unspecified atom stereocenters. The van der Waals surface area contributed by atoms with E-state index in [4.69, 9.17) is 0 Å². The van der Waals surface area contributed by atoms with E-state index < -0.39 is 5.97 Å². The number of nitrogens with one attached hydrogen (secondary N) is 2. The second kappa shape index (κ2) is 6.03. The molecule has 0 bridgehead atoms. The van der Waals surface area contributed by atoms with Crippen LogP contribution in [0.3, 0.4) is 0 Å². The number of hydrogen-bond donors (Lipinski definition) is 2. The van der Waals surface area contributed by atoms with Crippen LogP contribution >= 0.6 is 0 Å². The summed E-state index contributed by atoms with van der Waals surface area (Å²) in [5.41, 5.74) is 3.92. The van der Waals surface area contributed by atoms with Gasteiger partial charge in [0.25, 0.3) is 0 Å². The molecule has 0 aromatic rings. The lowest BCUT2D eigenvalue weighted by Gasteiger charge is -2.00. The van der Waals surface area contributed by atoms with E-state index in [0.717, 1.165) is 6.42 Å². The van der Waals surface area contributed by atoms with Gasteiger partial charge in [-0.25, -0.2) is 0 Å². The van der Waals surface area contributed by atoms with Gasteiger partial charge in [0.15, 0.2) is 0 Å². The number of carbonyl (C=O) groups excluding carboxylic acids is 2. The highest BCUT2D eigenvalue weighted by Crippen LogP contribution is 1.86. The zero-order valence-corrected chi connectivity index (χ0v) is 5.72. The summed E-state index contributed by atoms with van der Waals surface area (Å²) >= 11 is 0. The van der Waals surface area contributed by atoms with Gasteiger partial charge in [-0.15, -0.1) is 0 Å². The van der Waals surface area contributed by atoms with Gasteiger partial charge in [-0.1, -0.05) is 12.5 Å². The largest absolute Gasteiger partial charge is 0.351 e. The van der Waals surface area contributed by atoms with Crippen LogP contribution in [-0.2, 0) is 14.4 Å². The lowest BCUT2D eigenvalue weighted by molar-refractivity contribution is -0.154. The molecule has 0 saturated heterocycles. The first-order valence-electron chi connectivity index (χ1n) is 2.95. The molecule has 5 nitrogen and oxygen atoms in total. The van der Waals surface area contributed by atoms with Crippen molar-refractivity contribution < 1.29 is 14.4 Å². The molecule has 0 heterocycles. The zero-order valence-electron chi connectivity index (χ0n) is 5.72. The third-order valence-electron chi connectivity index (χ3n) is 0.737. The maximum absolute atomic E-state index is 10.5. The molecule has 5 heteroatoms. The fraction of sp³-hybridized carbons (Fsp3) is 0.600. The summed E-state index contributed by atoms with van der Waals surface area (Å²) in [6.45, 7) is 1.86. The molecule has 58 valence electrons. The summed E-state index contributed by atoms with van der Waals surface area (Å²) in [7, 11) is 0. The number of hydrazine groups is 1. The third kappa shape index (κ3) is 5.04. The van der Waals surface area contributed by atoms with E-state index in [2.05, 4.69) is 4.84 Å². The van der Waals surface area contributed by atoms with Crippen molar-refractivity contribution in [3.8, 4) is 0 Å². The first-order chi connectivity index (χ1) is 4.81. The van der Waals surface area contributed by atoms with E-state index in [0.29, 0.717) is 12.8 Å². The molecule has 10 heavy (non-hydrogen) atoms. The Morgan fingerprint density at radius 3 is 2.90 bits per heavy atom. The quantitative estimate of drug-likeness (QED) is 0.311. The number of hydrogen-bond acceptors (Lipinski definition) is 4. The van der Waals surface area contributed by atoms with Crippen molar-refractivity contribution in [2.24, 2.45) is 0 Å². The highest BCUT2D eigenvalue weighted by Gasteiger charge is 1.97. The summed E-state index contributed by atoms with van der Waals surface area (Å²) in [4.78, 5) is 24.3. The van der Waals surface area contributed by atoms with Gasteiger partial charge in [-0.3, -0.25) is 15.0 Å². The van der Waals surface area contributed by atoms with E-state index >= 15 is 0 Å². The maximum atomic E-state index is 10.5. The predicted octanol–water partition coefficient (Wildman–Crippen LogP) is -0.505. The minimum absolute atomic E-state index is 0.341. The second-order valence-corrected chi connectivity index (χ2v) is 1.59. The first kappa shape index (κ1) is 8.90. The van der Waals surface area contributed by atoms with Gasteiger partial charge in [-0.05, 0) is 6.42 Å². The minimum Gasteiger partial charge on any atom is -0.351 e. The molecule has 0 aromatic carbocycles. The molecule has 0 aliphatic heterocycles. The summed E-state index contributed by atoms with van der Waals surface area (Å²) in [5, 5.41) is 0. The van der Waals surface area contributed by atoms with Gasteiger partial charge in [-0.2, -0.15) is 0 Å². The van der Waals surface area contributed by atoms with Crippen LogP contribution in [0.4, 0.5) is 0 Å². The molecule has 0 radical (unpaired) electrons. The van der Waals surface area contributed by atoms with Crippen LogP contribution in [0.5, 0.6) is 0 Å². The molecule has 0 fully saturated rings. The van der Waals surface area contributed by atoms with Crippen molar-refractivity contribution in [2.75, 3.05) is 0 Å². The number of carbonyl (C=O) groups is 2. The maximum Gasteiger partial charge on any atom is 0.327 e. The normalized spacial score (nSPS) is 8.50. The van der Waals surface area contributed by atoms with Gasteiger partial charge in [0.2, 0.25) is 6.41 Å². The topological polar surface area (TPSA) is 67.4 Å². The Labute approximate surface area is 58.7 Å². The second-order valence-electron chi connectivity index (χ2n) is 1.59. The molecule has 0 aliphatic carbocycles. The average molecular weight is 146 g/mol. The lowest BCUT2D eigenvalue weighted by Crippen LogP contribution is -2.32. The molecular formula is C5H10N2O3. The third-order valence-corrected chi connectivity index (χ3v) is 0.737. The van der Waals surface area contributed by atoms with Gasteiger partial charge in [0.05, 0.1) is 0 Å². The van der Waals surface area contributed by atoms with Crippen molar-refractivity contribution >= 4 is 12.4 Å². The lowest BCUT2D eigenvalue weighted by atomic mass is 10.3. The Balaban J connectivity index is 3.13. The fourth-order valence-corrected chi connectivity index (χ4v) is 0.366. The van der Waals surface area contributed by atoms with Gasteiger partial charge in [0, 0.05) is 6.42 Å². The van der Waals surface area contributed by atoms with E-state index in [-0.39, 0.29) is 0 Å². The summed E-state index contributed by atoms with van der Waals surface area (Å²) < 4.78 is 0. The first-order valence-corrected chi connectivity index (χ1v) is 2.95. The van der Waals surface area contributed by atoms with Crippen LogP contribution in [0.15, 0.2) is 0 Å². The van der Waals surface area contributed by atoms with Gasteiger partial charge < -0.3 is 4.84 Å². The molecular weight excluding hydrogens is 136 g/mol. The number of amides is 1. The Bertz CT molecular complexity index is 115. The van der Waals surface area contributed by atoms with Crippen LogP contribution < -0.4 is 11.0 Å². The molecule has 0 saturated carbocycles. The summed E-state index contributed by atoms with van der Waals surface area (Å²) in [6, 6.07) is 0. The molecule has 0 atom stereocenters. The smallest absolute Gasteiger partial charge is 0.327 e. The van der Waals surface area contributed by atoms with Crippen molar-refractivity contribution in [1.29, 1.82) is 0 Å². The Hall–Kier alpha value is -1.10. The zero-order chi connectivity index (χ0) is 7.82. The van der Waals surface area contributed by atoms with Crippen LogP contribution in [0.1, 0.15) is 19.8 Å². The van der Waals surface area contributed by atoms with Crippen molar-refractivity contribution in [1.82, 2.24) is 11.0 Å². The van der Waals surface area contributed by atoms with Crippen LogP contribution in [-0.4, -0.2) is 12.4 Å². The molecule has 0 aliphatic rings. The minimum atomic E-state index is -0.392. The Kier molecular flexibility index (Phi) is 5.36. The molecule has 2 N–H and O–H groups in total. The van der Waals surface area contributed by atoms with Crippen molar-refractivity contribution in [3.63, 3.8) is 0 Å². The van der Waals surface area contributed by atoms with Crippen molar-refractivity contribution in [2.45, 2.75) is 19.8 Å². The summed E-state index contributed by atoms with van der Waals surface area (Å²) in [6.07, 6.45) is 1.44. The summed E-state index contributed by atoms with van der Waals surface area (Å²) in [5.74, 6) is -0.392. The van der Waals surface area contributed by atoms with Gasteiger partial charge in [0.1, 0.15) is 0 Å². The number of rotatable bonds is 5. The van der Waals surface area contributed by atoms with Crippen LogP contribution in [0, 0.1) is 0 Å². The molecule has 0 aromatic heterocycles. The highest BCUT2D eigenvalue weighted by molar-refractivity contribution is 5.68. The average Bonchev–Trinajstić information content (AvgIpc) is 1.89. The predicted molar refractivity (Wildman–Crippen MR) is 33.3 cm³/mol. The molecule has 0 rings (SSSR count). The fourth-order valence-electron chi connectivity index (χ4n) is 0.366. The van der Waals surface area contributed by atoms with Crippen LogP contribution in [0.25, 0.3) is 0 Å².